The molecule has 1 fully saturated rings. The Hall–Kier alpha value is -2.22. The van der Waals surface area contributed by atoms with E-state index in [4.69, 9.17) is 0 Å². The van der Waals surface area contributed by atoms with Crippen LogP contribution in [0.2, 0.25) is 0 Å². The van der Waals surface area contributed by atoms with Crippen molar-refractivity contribution in [2.45, 2.75) is 58.3 Å². The molecule has 2 aliphatic rings. The van der Waals surface area contributed by atoms with Gasteiger partial charge in [-0.15, -0.1) is 0 Å². The number of carbonyl (C=O) groups excluding carboxylic acids is 1. The van der Waals surface area contributed by atoms with Crippen LogP contribution in [0.5, 0.6) is 0 Å². The van der Waals surface area contributed by atoms with Crippen LogP contribution in [0.3, 0.4) is 0 Å². The van der Waals surface area contributed by atoms with Crippen LogP contribution < -0.4 is 5.32 Å². The molecule has 1 N–H and O–H groups in total. The molecule has 2 aromatic rings. The highest BCUT2D eigenvalue weighted by Crippen LogP contribution is 2.26. The zero-order valence-corrected chi connectivity index (χ0v) is 19.6. The molecule has 32 heavy (non-hydrogen) atoms. The lowest BCUT2D eigenvalue weighted by Crippen LogP contribution is -2.52. The fraction of sp³-hybridized carbons (Fsp3) is 0.480. The summed E-state index contributed by atoms with van der Waals surface area (Å²) in [5.41, 5.74) is 4.33. The third-order valence-corrected chi connectivity index (χ3v) is 8.47. The monoisotopic (exact) mass is 455 g/mol. The zero-order valence-electron chi connectivity index (χ0n) is 18.8. The molecule has 0 radical (unpaired) electrons. The number of rotatable bonds is 7. The van der Waals surface area contributed by atoms with Crippen LogP contribution in [-0.4, -0.2) is 48.4 Å². The molecule has 0 aromatic heterocycles. The topological polar surface area (TPSA) is 69.7 Å². The molecule has 1 unspecified atom stereocenters. The van der Waals surface area contributed by atoms with Crippen molar-refractivity contribution in [3.8, 4) is 0 Å². The standard InChI is InChI=1S/C25H33N3O3S/c1-2-32(30,31)28-19-23-13-6-4-10-20(23)16-24(28)25(29)26-17-21-11-5-7-12-22(21)18-27-14-8-3-9-15-27/h4-7,10-13,24H,2-3,8-9,14-19H2,1H3,(H,26,29). The Morgan fingerprint density at radius 1 is 0.969 bits per heavy atom. The van der Waals surface area contributed by atoms with Gasteiger partial charge in [-0.2, -0.15) is 4.31 Å². The van der Waals surface area contributed by atoms with E-state index in [-0.39, 0.29) is 18.2 Å². The number of piperidine rings is 1. The average molecular weight is 456 g/mol. The van der Waals surface area contributed by atoms with Crippen LogP contribution in [0.25, 0.3) is 0 Å². The van der Waals surface area contributed by atoms with Gasteiger partial charge in [-0.3, -0.25) is 9.69 Å². The summed E-state index contributed by atoms with van der Waals surface area (Å²) in [5, 5.41) is 3.04. The van der Waals surface area contributed by atoms with Gasteiger partial charge in [0.25, 0.3) is 0 Å². The van der Waals surface area contributed by atoms with Gasteiger partial charge < -0.3 is 5.32 Å². The summed E-state index contributed by atoms with van der Waals surface area (Å²) in [5.74, 6) is -0.248. The average Bonchev–Trinajstić information content (AvgIpc) is 2.83. The molecule has 0 spiro atoms. The smallest absolute Gasteiger partial charge is 0.239 e. The molecule has 2 aromatic carbocycles. The Morgan fingerprint density at radius 3 is 2.34 bits per heavy atom. The van der Waals surface area contributed by atoms with Crippen LogP contribution in [0.15, 0.2) is 48.5 Å². The van der Waals surface area contributed by atoms with Crippen molar-refractivity contribution in [1.82, 2.24) is 14.5 Å². The highest BCUT2D eigenvalue weighted by Gasteiger charge is 2.37. The Bertz CT molecular complexity index is 1050. The molecule has 0 aliphatic carbocycles. The van der Waals surface area contributed by atoms with Crippen molar-refractivity contribution in [2.24, 2.45) is 0 Å². The summed E-state index contributed by atoms with van der Waals surface area (Å²) in [6.45, 7) is 5.40. The number of sulfonamides is 1. The maximum Gasteiger partial charge on any atom is 0.239 e. The van der Waals surface area contributed by atoms with Gasteiger partial charge in [-0.1, -0.05) is 55.0 Å². The highest BCUT2D eigenvalue weighted by molar-refractivity contribution is 7.89. The summed E-state index contributed by atoms with van der Waals surface area (Å²) in [7, 11) is -3.50. The minimum absolute atomic E-state index is 0.0163. The number of hydrogen-bond acceptors (Lipinski definition) is 4. The highest BCUT2D eigenvalue weighted by atomic mass is 32.2. The molecule has 2 heterocycles. The van der Waals surface area contributed by atoms with Crippen molar-refractivity contribution < 1.29 is 13.2 Å². The van der Waals surface area contributed by atoms with Crippen molar-refractivity contribution in [3.63, 3.8) is 0 Å². The molecular formula is C25H33N3O3S. The predicted molar refractivity (Wildman–Crippen MR) is 126 cm³/mol. The first-order valence-corrected chi connectivity index (χ1v) is 13.2. The van der Waals surface area contributed by atoms with Gasteiger partial charge in [-0.05, 0) is 61.5 Å². The quantitative estimate of drug-likeness (QED) is 0.697. The van der Waals surface area contributed by atoms with Crippen LogP contribution in [0.1, 0.15) is 48.4 Å². The number of amides is 1. The third kappa shape index (κ3) is 5.22. The lowest BCUT2D eigenvalue weighted by Gasteiger charge is -2.35. The number of hydrogen-bond donors (Lipinski definition) is 1. The van der Waals surface area contributed by atoms with Gasteiger partial charge in [-0.25, -0.2) is 8.42 Å². The van der Waals surface area contributed by atoms with Crippen LogP contribution >= 0.6 is 0 Å². The summed E-state index contributed by atoms with van der Waals surface area (Å²) in [6.07, 6.45) is 4.18. The molecule has 4 rings (SSSR count). The molecule has 172 valence electrons. The van der Waals surface area contributed by atoms with Gasteiger partial charge in [0.05, 0.1) is 5.75 Å². The van der Waals surface area contributed by atoms with E-state index in [0.29, 0.717) is 13.0 Å². The SMILES string of the molecule is CCS(=O)(=O)N1Cc2ccccc2CC1C(=O)NCc1ccccc1CN1CCCCC1. The third-order valence-electron chi connectivity index (χ3n) is 6.64. The number of nitrogens with zero attached hydrogens (tertiary/aromatic N) is 2. The number of nitrogens with one attached hydrogen (secondary N) is 1. The van der Waals surface area contributed by atoms with E-state index >= 15 is 0 Å². The van der Waals surface area contributed by atoms with Gasteiger partial charge in [0.1, 0.15) is 6.04 Å². The van der Waals surface area contributed by atoms with E-state index in [2.05, 4.69) is 22.3 Å². The maximum absolute atomic E-state index is 13.2. The van der Waals surface area contributed by atoms with Crippen molar-refractivity contribution >= 4 is 15.9 Å². The number of likely N-dealkylation sites (tertiary alicyclic amines) is 1. The first-order valence-electron chi connectivity index (χ1n) is 11.6. The molecule has 1 saturated heterocycles. The van der Waals surface area contributed by atoms with Crippen molar-refractivity contribution in [2.75, 3.05) is 18.8 Å². The normalized spacial score (nSPS) is 20.0. The molecule has 7 heteroatoms. The minimum Gasteiger partial charge on any atom is -0.351 e. The second kappa shape index (κ2) is 10.1. The fourth-order valence-corrected chi connectivity index (χ4v) is 5.95. The Balaban J connectivity index is 1.48. The zero-order chi connectivity index (χ0) is 22.6. The molecule has 0 bridgehead atoms. The van der Waals surface area contributed by atoms with Gasteiger partial charge in [0.15, 0.2) is 0 Å². The first-order chi connectivity index (χ1) is 15.5. The molecular weight excluding hydrogens is 422 g/mol. The summed E-state index contributed by atoms with van der Waals surface area (Å²) in [6, 6.07) is 15.3. The van der Waals surface area contributed by atoms with E-state index in [1.807, 2.05) is 36.4 Å². The Labute approximate surface area is 191 Å². The second-order valence-electron chi connectivity index (χ2n) is 8.76. The van der Waals surface area contributed by atoms with E-state index in [9.17, 15) is 13.2 Å². The van der Waals surface area contributed by atoms with E-state index in [1.165, 1.54) is 29.1 Å². The molecule has 1 amide bonds. The van der Waals surface area contributed by atoms with E-state index < -0.39 is 16.1 Å². The van der Waals surface area contributed by atoms with Crippen LogP contribution in [-0.2, 0) is 40.9 Å². The summed E-state index contributed by atoms with van der Waals surface area (Å²) in [4.78, 5) is 15.7. The number of fused-ring (bicyclic) bond motifs is 1. The molecule has 0 saturated carbocycles. The van der Waals surface area contributed by atoms with E-state index in [1.54, 1.807) is 6.92 Å². The van der Waals surface area contributed by atoms with Crippen molar-refractivity contribution in [3.05, 3.63) is 70.8 Å². The Morgan fingerprint density at radius 2 is 1.62 bits per heavy atom. The second-order valence-corrected chi connectivity index (χ2v) is 11.0. The number of benzene rings is 2. The van der Waals surface area contributed by atoms with Gasteiger partial charge >= 0.3 is 0 Å². The van der Waals surface area contributed by atoms with Gasteiger partial charge in [0.2, 0.25) is 15.9 Å². The summed E-state index contributed by atoms with van der Waals surface area (Å²) >= 11 is 0. The molecule has 1 atom stereocenters. The Kier molecular flexibility index (Phi) is 7.28. The van der Waals surface area contributed by atoms with Crippen molar-refractivity contribution in [1.29, 1.82) is 0 Å². The lowest BCUT2D eigenvalue weighted by atomic mass is 9.95. The molecule has 2 aliphatic heterocycles. The summed E-state index contributed by atoms with van der Waals surface area (Å²) < 4.78 is 26.9. The predicted octanol–water partition coefficient (Wildman–Crippen LogP) is 3.07. The first kappa shape index (κ1) is 23.0. The lowest BCUT2D eigenvalue weighted by molar-refractivity contribution is -0.125. The van der Waals surface area contributed by atoms with E-state index in [0.717, 1.165) is 36.3 Å². The number of carbonyl (C=O) groups is 1. The fourth-order valence-electron chi connectivity index (χ4n) is 4.72. The molecule has 6 nitrogen and oxygen atoms in total. The minimum atomic E-state index is -3.50. The maximum atomic E-state index is 13.2. The largest absolute Gasteiger partial charge is 0.351 e. The van der Waals surface area contributed by atoms with Gasteiger partial charge in [0, 0.05) is 19.6 Å². The van der Waals surface area contributed by atoms with Crippen LogP contribution in [0.4, 0.5) is 0 Å². The van der Waals surface area contributed by atoms with Crippen LogP contribution in [0, 0.1) is 0 Å².